The Kier molecular flexibility index (Phi) is 3.65. The fraction of sp³-hybridized carbons (Fsp3) is 0.692. The van der Waals surface area contributed by atoms with E-state index in [1.807, 2.05) is 27.7 Å². The van der Waals surface area contributed by atoms with E-state index in [-0.39, 0.29) is 23.2 Å². The summed E-state index contributed by atoms with van der Waals surface area (Å²) in [6.07, 6.45) is 1.23. The normalized spacial score (nSPS) is 26.9. The maximum absolute atomic E-state index is 11.9. The number of carbonyl (C=O) groups is 2. The van der Waals surface area contributed by atoms with Crippen molar-refractivity contribution in [2.45, 2.75) is 40.7 Å². The first-order chi connectivity index (χ1) is 7.67. The monoisotopic (exact) mass is 239 g/mol. The molecule has 0 aromatic carbocycles. The van der Waals surface area contributed by atoms with E-state index < -0.39 is 12.0 Å². The van der Waals surface area contributed by atoms with Crippen LogP contribution in [0, 0.1) is 17.3 Å². The number of rotatable bonds is 4. The highest BCUT2D eigenvalue weighted by Crippen LogP contribution is 2.59. The van der Waals surface area contributed by atoms with Crippen LogP contribution in [0.3, 0.4) is 0 Å². The zero-order chi connectivity index (χ0) is 13.4. The molecule has 2 N–H and O–H groups in total. The van der Waals surface area contributed by atoms with Crippen LogP contribution in [0.2, 0.25) is 0 Å². The maximum atomic E-state index is 11.9. The Morgan fingerprint density at radius 1 is 1.35 bits per heavy atom. The smallest absolute Gasteiger partial charge is 0.310 e. The first-order valence-electron chi connectivity index (χ1n) is 5.82. The van der Waals surface area contributed by atoms with Gasteiger partial charge in [0.2, 0.25) is 0 Å². The number of ether oxygens (including phenoxy) is 1. The lowest BCUT2D eigenvalue weighted by Crippen LogP contribution is -2.31. The van der Waals surface area contributed by atoms with Gasteiger partial charge in [-0.05, 0) is 32.1 Å². The van der Waals surface area contributed by atoms with Crippen molar-refractivity contribution < 1.29 is 14.3 Å². The van der Waals surface area contributed by atoms with Crippen LogP contribution in [0.4, 0.5) is 0 Å². The molecule has 0 bridgehead atoms. The Morgan fingerprint density at radius 3 is 2.29 bits per heavy atom. The highest BCUT2D eigenvalue weighted by molar-refractivity contribution is 5.84. The fourth-order valence-electron chi connectivity index (χ4n) is 2.10. The Balaban J connectivity index is 2.67. The van der Waals surface area contributed by atoms with Gasteiger partial charge in [0, 0.05) is 0 Å². The number of esters is 1. The number of nitrogens with two attached hydrogens (primary N) is 1. The Labute approximate surface area is 102 Å². The third-order valence-electron chi connectivity index (χ3n) is 3.37. The van der Waals surface area contributed by atoms with E-state index in [0.717, 1.165) is 0 Å². The summed E-state index contributed by atoms with van der Waals surface area (Å²) in [5.41, 5.74) is 6.15. The number of primary amides is 1. The van der Waals surface area contributed by atoms with Crippen molar-refractivity contribution in [1.29, 1.82) is 0 Å². The maximum Gasteiger partial charge on any atom is 0.310 e. The summed E-state index contributed by atoms with van der Waals surface area (Å²) in [4.78, 5) is 22.7. The van der Waals surface area contributed by atoms with Crippen LogP contribution in [0.5, 0.6) is 0 Å². The number of allylic oxidation sites excluding steroid dienone is 2. The van der Waals surface area contributed by atoms with Gasteiger partial charge >= 0.3 is 5.97 Å². The summed E-state index contributed by atoms with van der Waals surface area (Å²) in [6.45, 7) is 9.55. The number of hydrogen-bond acceptors (Lipinski definition) is 3. The van der Waals surface area contributed by atoms with Crippen LogP contribution in [-0.4, -0.2) is 18.0 Å². The second kappa shape index (κ2) is 4.51. The zero-order valence-corrected chi connectivity index (χ0v) is 11.1. The first-order valence-corrected chi connectivity index (χ1v) is 5.82. The van der Waals surface area contributed by atoms with Gasteiger partial charge in [0.15, 0.2) is 6.10 Å². The molecule has 0 spiro atoms. The van der Waals surface area contributed by atoms with Gasteiger partial charge < -0.3 is 10.5 Å². The van der Waals surface area contributed by atoms with E-state index in [2.05, 4.69) is 6.08 Å². The van der Waals surface area contributed by atoms with Crippen molar-refractivity contribution in [3.8, 4) is 0 Å². The van der Waals surface area contributed by atoms with Crippen molar-refractivity contribution in [1.82, 2.24) is 0 Å². The second-order valence-electron chi connectivity index (χ2n) is 5.55. The first kappa shape index (κ1) is 13.7. The van der Waals surface area contributed by atoms with Gasteiger partial charge in [-0.25, -0.2) is 0 Å². The molecule has 1 aliphatic carbocycles. The molecule has 0 aromatic heterocycles. The molecule has 0 aliphatic heterocycles. The van der Waals surface area contributed by atoms with Crippen molar-refractivity contribution in [3.05, 3.63) is 11.6 Å². The van der Waals surface area contributed by atoms with Crippen molar-refractivity contribution in [2.75, 3.05) is 0 Å². The molecule has 1 amide bonds. The third kappa shape index (κ3) is 2.87. The van der Waals surface area contributed by atoms with Crippen LogP contribution in [0.25, 0.3) is 0 Å². The molecule has 0 aromatic rings. The zero-order valence-electron chi connectivity index (χ0n) is 11.1. The number of carbonyl (C=O) groups excluding carboxylic acids is 2. The van der Waals surface area contributed by atoms with Crippen molar-refractivity contribution in [2.24, 2.45) is 23.0 Å². The summed E-state index contributed by atoms with van der Waals surface area (Å²) in [7, 11) is 0. The van der Waals surface area contributed by atoms with Gasteiger partial charge in [-0.3, -0.25) is 9.59 Å². The molecule has 0 heterocycles. The quantitative estimate of drug-likeness (QED) is 0.599. The molecule has 1 rings (SSSR count). The molecule has 0 radical (unpaired) electrons. The molecule has 1 aliphatic rings. The minimum atomic E-state index is -0.855. The molecule has 1 fully saturated rings. The lowest BCUT2D eigenvalue weighted by atomic mass is 10.1. The molecular weight excluding hydrogens is 218 g/mol. The summed E-state index contributed by atoms with van der Waals surface area (Å²) in [5, 5.41) is 0. The molecule has 3 atom stereocenters. The van der Waals surface area contributed by atoms with Gasteiger partial charge in [-0.2, -0.15) is 0 Å². The predicted octanol–water partition coefficient (Wildman–Crippen LogP) is 1.64. The van der Waals surface area contributed by atoms with Gasteiger partial charge in [0.1, 0.15) is 0 Å². The van der Waals surface area contributed by atoms with Crippen molar-refractivity contribution >= 4 is 11.9 Å². The average molecular weight is 239 g/mol. The molecule has 17 heavy (non-hydrogen) atoms. The summed E-state index contributed by atoms with van der Waals surface area (Å²) < 4.78 is 5.04. The van der Waals surface area contributed by atoms with Crippen LogP contribution < -0.4 is 5.73 Å². The summed E-state index contributed by atoms with van der Waals surface area (Å²) >= 11 is 0. The van der Waals surface area contributed by atoms with E-state index in [4.69, 9.17) is 10.5 Å². The predicted molar refractivity (Wildman–Crippen MR) is 64.9 cm³/mol. The fourth-order valence-corrected chi connectivity index (χ4v) is 2.10. The topological polar surface area (TPSA) is 69.4 Å². The van der Waals surface area contributed by atoms with Crippen LogP contribution >= 0.6 is 0 Å². The van der Waals surface area contributed by atoms with E-state index in [1.54, 1.807) is 0 Å². The highest BCUT2D eigenvalue weighted by Gasteiger charge is 2.61. The molecule has 1 saturated carbocycles. The van der Waals surface area contributed by atoms with Crippen molar-refractivity contribution in [3.63, 3.8) is 0 Å². The van der Waals surface area contributed by atoms with Gasteiger partial charge in [-0.1, -0.05) is 25.5 Å². The Hall–Kier alpha value is -1.32. The minimum Gasteiger partial charge on any atom is -0.452 e. The van der Waals surface area contributed by atoms with Crippen LogP contribution in [0.1, 0.15) is 34.6 Å². The third-order valence-corrected chi connectivity index (χ3v) is 3.37. The van der Waals surface area contributed by atoms with E-state index in [1.165, 1.54) is 12.5 Å². The van der Waals surface area contributed by atoms with Gasteiger partial charge in [-0.15, -0.1) is 0 Å². The highest BCUT2D eigenvalue weighted by atomic mass is 16.5. The van der Waals surface area contributed by atoms with Crippen LogP contribution in [0.15, 0.2) is 11.6 Å². The summed E-state index contributed by atoms with van der Waals surface area (Å²) in [5.74, 6) is -0.918. The SMILES string of the molecule is CC(C)=CC1C(C(=O)OC(C)C(N)=O)C1(C)C. The average Bonchev–Trinajstić information content (AvgIpc) is 2.66. The van der Waals surface area contributed by atoms with Crippen LogP contribution in [-0.2, 0) is 14.3 Å². The number of hydrogen-bond donors (Lipinski definition) is 1. The molecule has 3 unspecified atom stereocenters. The lowest BCUT2D eigenvalue weighted by molar-refractivity contribution is -0.155. The van der Waals surface area contributed by atoms with Gasteiger partial charge in [0.05, 0.1) is 5.92 Å². The van der Waals surface area contributed by atoms with Gasteiger partial charge in [0.25, 0.3) is 5.91 Å². The molecular formula is C13H21NO3. The second-order valence-corrected chi connectivity index (χ2v) is 5.55. The molecule has 4 nitrogen and oxygen atoms in total. The van der Waals surface area contributed by atoms with E-state index >= 15 is 0 Å². The Morgan fingerprint density at radius 2 is 1.88 bits per heavy atom. The summed E-state index contributed by atoms with van der Waals surface area (Å²) in [6, 6.07) is 0. The Bertz CT molecular complexity index is 367. The molecule has 0 saturated heterocycles. The minimum absolute atomic E-state index is 0.0915. The number of amides is 1. The molecule has 96 valence electrons. The lowest BCUT2D eigenvalue weighted by Gasteiger charge is -2.09. The van der Waals surface area contributed by atoms with E-state index in [9.17, 15) is 9.59 Å². The molecule has 4 heteroatoms. The van der Waals surface area contributed by atoms with E-state index in [0.29, 0.717) is 0 Å². The standard InChI is InChI=1S/C13H21NO3/c1-7(2)6-9-10(13(9,4)5)12(16)17-8(3)11(14)15/h6,8-10H,1-5H3,(H2,14,15). The largest absolute Gasteiger partial charge is 0.452 e.